The first-order valence-corrected chi connectivity index (χ1v) is 8.58. The number of carbonyl (C=O) groups excluding carboxylic acids is 2. The lowest BCUT2D eigenvalue weighted by Gasteiger charge is -2.35. The quantitative estimate of drug-likeness (QED) is 0.644. The van der Waals surface area contributed by atoms with Gasteiger partial charge >= 0.3 is 0 Å². The number of hydrogen-bond donors (Lipinski definition) is 1. The van der Waals surface area contributed by atoms with Crippen molar-refractivity contribution in [3.63, 3.8) is 0 Å². The maximum absolute atomic E-state index is 12.0. The maximum atomic E-state index is 12.0. The number of likely N-dealkylation sites (tertiary alicyclic amines) is 1. The van der Waals surface area contributed by atoms with Gasteiger partial charge in [0, 0.05) is 19.5 Å². The molecule has 22 heavy (non-hydrogen) atoms. The van der Waals surface area contributed by atoms with E-state index in [-0.39, 0.29) is 11.8 Å². The summed E-state index contributed by atoms with van der Waals surface area (Å²) in [5, 5.41) is 2.48. The Balaban J connectivity index is 1.62. The van der Waals surface area contributed by atoms with Gasteiger partial charge in [-0.25, -0.2) is 0 Å². The molecule has 3 aliphatic rings. The van der Waals surface area contributed by atoms with Crippen LogP contribution in [0.25, 0.3) is 0 Å². The molecule has 0 aromatic heterocycles. The molecular formula is C18H28N2O2. The number of imide groups is 1. The van der Waals surface area contributed by atoms with Crippen molar-refractivity contribution in [3.8, 4) is 0 Å². The highest BCUT2D eigenvalue weighted by Crippen LogP contribution is 2.43. The lowest BCUT2D eigenvalue weighted by Crippen LogP contribution is -2.35. The van der Waals surface area contributed by atoms with E-state index in [1.54, 1.807) is 11.1 Å². The van der Waals surface area contributed by atoms with Crippen molar-refractivity contribution in [1.29, 1.82) is 0 Å². The lowest BCUT2D eigenvalue weighted by molar-refractivity contribution is -0.128. The van der Waals surface area contributed by atoms with Gasteiger partial charge < -0.3 is 4.90 Å². The highest BCUT2D eigenvalue weighted by Gasteiger charge is 2.50. The summed E-state index contributed by atoms with van der Waals surface area (Å²) >= 11 is 0. The Labute approximate surface area is 133 Å². The molecule has 0 aromatic carbocycles. The van der Waals surface area contributed by atoms with Crippen LogP contribution in [0.3, 0.4) is 0 Å². The Morgan fingerprint density at radius 1 is 1.23 bits per heavy atom. The van der Waals surface area contributed by atoms with Crippen molar-refractivity contribution in [1.82, 2.24) is 10.2 Å². The molecule has 1 N–H and O–H groups in total. The zero-order valence-corrected chi connectivity index (χ0v) is 14.1. The molecular weight excluding hydrogens is 276 g/mol. The van der Waals surface area contributed by atoms with Crippen LogP contribution in [0.5, 0.6) is 0 Å². The molecule has 122 valence electrons. The highest BCUT2D eigenvalue weighted by atomic mass is 16.2. The smallest absolute Gasteiger partial charge is 0.234 e. The minimum Gasteiger partial charge on any atom is -0.302 e. The van der Waals surface area contributed by atoms with Crippen LogP contribution < -0.4 is 5.32 Å². The predicted molar refractivity (Wildman–Crippen MR) is 86.2 cm³/mol. The van der Waals surface area contributed by atoms with E-state index < -0.39 is 5.41 Å². The third-order valence-electron chi connectivity index (χ3n) is 6.03. The van der Waals surface area contributed by atoms with Gasteiger partial charge in [0.05, 0.1) is 5.41 Å². The fraction of sp³-hybridized carbons (Fsp3) is 0.778. The average molecular weight is 304 g/mol. The van der Waals surface area contributed by atoms with Gasteiger partial charge in [-0.3, -0.25) is 14.9 Å². The third kappa shape index (κ3) is 2.73. The highest BCUT2D eigenvalue weighted by molar-refractivity contribution is 6.06. The minimum atomic E-state index is -0.428. The Morgan fingerprint density at radius 3 is 2.64 bits per heavy atom. The first-order chi connectivity index (χ1) is 10.3. The van der Waals surface area contributed by atoms with Gasteiger partial charge in [0.1, 0.15) is 0 Å². The number of rotatable bonds is 3. The molecule has 2 aliphatic heterocycles. The summed E-state index contributed by atoms with van der Waals surface area (Å²) in [4.78, 5) is 25.9. The minimum absolute atomic E-state index is 0.0478. The largest absolute Gasteiger partial charge is 0.302 e. The summed E-state index contributed by atoms with van der Waals surface area (Å²) in [7, 11) is 0. The average Bonchev–Trinajstić information content (AvgIpc) is 2.93. The first kappa shape index (κ1) is 15.7. The van der Waals surface area contributed by atoms with Crippen LogP contribution >= 0.6 is 0 Å². The molecule has 1 atom stereocenters. The van der Waals surface area contributed by atoms with Crippen LogP contribution in [0.2, 0.25) is 0 Å². The second-order valence-corrected chi connectivity index (χ2v) is 8.11. The third-order valence-corrected chi connectivity index (χ3v) is 6.03. The number of amides is 2. The Morgan fingerprint density at radius 2 is 2.00 bits per heavy atom. The van der Waals surface area contributed by atoms with Crippen LogP contribution in [0.15, 0.2) is 11.1 Å². The summed E-state index contributed by atoms with van der Waals surface area (Å²) in [6.07, 6.45) is 6.13. The molecule has 1 spiro atoms. The molecule has 1 unspecified atom stereocenters. The molecule has 2 saturated heterocycles. The molecule has 3 rings (SSSR count). The van der Waals surface area contributed by atoms with E-state index in [2.05, 4.69) is 31.0 Å². The Kier molecular flexibility index (Phi) is 3.92. The van der Waals surface area contributed by atoms with Crippen molar-refractivity contribution in [3.05, 3.63) is 11.1 Å². The topological polar surface area (TPSA) is 49.4 Å². The van der Waals surface area contributed by atoms with Gasteiger partial charge in [0.15, 0.2) is 0 Å². The molecule has 2 heterocycles. The number of nitrogens with one attached hydrogen (secondary N) is 1. The molecule has 0 radical (unpaired) electrons. The van der Waals surface area contributed by atoms with Gasteiger partial charge in [0.2, 0.25) is 11.8 Å². The summed E-state index contributed by atoms with van der Waals surface area (Å²) in [5.41, 5.74) is 3.08. The Hall–Kier alpha value is -1.16. The molecule has 2 amide bonds. The summed E-state index contributed by atoms with van der Waals surface area (Å²) in [5.74, 6) is -0.146. The van der Waals surface area contributed by atoms with E-state index in [0.29, 0.717) is 11.8 Å². The zero-order chi connectivity index (χ0) is 16.0. The summed E-state index contributed by atoms with van der Waals surface area (Å²) in [6, 6.07) is 0. The molecule has 1 aliphatic carbocycles. The van der Waals surface area contributed by atoms with E-state index in [1.165, 1.54) is 19.3 Å². The van der Waals surface area contributed by atoms with Gasteiger partial charge in [-0.15, -0.1) is 0 Å². The molecule has 4 nitrogen and oxygen atoms in total. The van der Waals surface area contributed by atoms with Crippen molar-refractivity contribution < 1.29 is 9.59 Å². The van der Waals surface area contributed by atoms with Crippen LogP contribution in [0.4, 0.5) is 0 Å². The predicted octanol–water partition coefficient (Wildman–Crippen LogP) is 2.64. The van der Waals surface area contributed by atoms with Crippen LogP contribution in [0, 0.1) is 10.8 Å². The standard InChI is InChI=1S/C18H28N2O2/c1-13-5-4-7-17(2,3)14(13)6-9-20-10-8-18(12-20)11-15(21)19-16(18)22/h4-12H2,1-3H3,(H,19,21,22). The van der Waals surface area contributed by atoms with Gasteiger partial charge in [-0.1, -0.05) is 25.0 Å². The van der Waals surface area contributed by atoms with Crippen LogP contribution in [-0.4, -0.2) is 36.3 Å². The zero-order valence-electron chi connectivity index (χ0n) is 14.1. The second kappa shape index (κ2) is 5.48. The van der Waals surface area contributed by atoms with Gasteiger partial charge in [0.25, 0.3) is 0 Å². The maximum Gasteiger partial charge on any atom is 0.234 e. The van der Waals surface area contributed by atoms with Crippen molar-refractivity contribution >= 4 is 11.8 Å². The second-order valence-electron chi connectivity index (χ2n) is 8.11. The number of hydrogen-bond acceptors (Lipinski definition) is 3. The Bertz CT molecular complexity index is 535. The fourth-order valence-electron chi connectivity index (χ4n) is 4.67. The van der Waals surface area contributed by atoms with Crippen molar-refractivity contribution in [2.24, 2.45) is 10.8 Å². The van der Waals surface area contributed by atoms with E-state index in [1.807, 2.05) is 0 Å². The molecule has 0 bridgehead atoms. The normalized spacial score (nSPS) is 32.1. The number of nitrogens with zero attached hydrogens (tertiary/aromatic N) is 1. The van der Waals surface area contributed by atoms with E-state index in [0.717, 1.165) is 32.5 Å². The van der Waals surface area contributed by atoms with Crippen LogP contribution in [-0.2, 0) is 9.59 Å². The molecule has 2 fully saturated rings. The van der Waals surface area contributed by atoms with Gasteiger partial charge in [-0.05, 0) is 51.0 Å². The van der Waals surface area contributed by atoms with Crippen LogP contribution in [0.1, 0.15) is 59.3 Å². The van der Waals surface area contributed by atoms with E-state index >= 15 is 0 Å². The summed E-state index contributed by atoms with van der Waals surface area (Å²) in [6.45, 7) is 9.70. The van der Waals surface area contributed by atoms with Crippen molar-refractivity contribution in [2.75, 3.05) is 19.6 Å². The first-order valence-electron chi connectivity index (χ1n) is 8.58. The monoisotopic (exact) mass is 304 g/mol. The lowest BCUT2D eigenvalue weighted by atomic mass is 9.71. The number of carbonyl (C=O) groups is 2. The SMILES string of the molecule is CC1=C(CCN2CCC3(CC(=O)NC3=O)C2)C(C)(C)CCC1. The van der Waals surface area contributed by atoms with Gasteiger partial charge in [-0.2, -0.15) is 0 Å². The van der Waals surface area contributed by atoms with E-state index in [9.17, 15) is 9.59 Å². The molecule has 4 heteroatoms. The van der Waals surface area contributed by atoms with E-state index in [4.69, 9.17) is 0 Å². The fourth-order valence-corrected chi connectivity index (χ4v) is 4.67. The number of allylic oxidation sites excluding steroid dienone is 1. The summed E-state index contributed by atoms with van der Waals surface area (Å²) < 4.78 is 0. The van der Waals surface area contributed by atoms with Crippen molar-refractivity contribution in [2.45, 2.75) is 59.3 Å². The molecule has 0 saturated carbocycles. The molecule has 0 aromatic rings.